The number of hydrogen-bond acceptors (Lipinski definition) is 3. The van der Waals surface area contributed by atoms with Gasteiger partial charge in [0, 0.05) is 36.0 Å². The van der Waals surface area contributed by atoms with Crippen LogP contribution in [0.2, 0.25) is 5.28 Å². The second-order valence-corrected chi connectivity index (χ2v) is 4.33. The Morgan fingerprint density at radius 2 is 2.11 bits per heavy atom. The fraction of sp³-hybridized carbons (Fsp3) is 0.0769. The van der Waals surface area contributed by atoms with Crippen molar-refractivity contribution in [2.24, 2.45) is 0 Å². The first-order chi connectivity index (χ1) is 8.74. The molecule has 5 heteroatoms. The summed E-state index contributed by atoms with van der Waals surface area (Å²) in [5, 5.41) is 1.42. The lowest BCUT2D eigenvalue weighted by molar-refractivity contribution is 1.08. The average Bonchev–Trinajstić information content (AvgIpc) is 2.85. The molecule has 0 aliphatic heterocycles. The second kappa shape index (κ2) is 4.31. The summed E-state index contributed by atoms with van der Waals surface area (Å²) in [5.41, 5.74) is 2.17. The predicted octanol–water partition coefficient (Wildman–Crippen LogP) is 3.38. The average molecular weight is 259 g/mol. The van der Waals surface area contributed by atoms with Crippen molar-refractivity contribution < 1.29 is 0 Å². The van der Waals surface area contributed by atoms with E-state index in [-0.39, 0.29) is 5.28 Å². The van der Waals surface area contributed by atoms with Crippen LogP contribution in [0.25, 0.3) is 10.9 Å². The Labute approximate surface area is 109 Å². The van der Waals surface area contributed by atoms with Crippen molar-refractivity contribution in [2.45, 2.75) is 0 Å². The zero-order chi connectivity index (χ0) is 12.5. The topological polar surface area (TPSA) is 44.8 Å². The second-order valence-electron chi connectivity index (χ2n) is 3.99. The van der Waals surface area contributed by atoms with Crippen LogP contribution < -0.4 is 4.90 Å². The van der Waals surface area contributed by atoms with E-state index in [0.717, 1.165) is 17.0 Å². The summed E-state index contributed by atoms with van der Waals surface area (Å²) in [6, 6.07) is 10.0. The van der Waals surface area contributed by atoms with Gasteiger partial charge in [0.2, 0.25) is 5.28 Å². The molecule has 90 valence electrons. The first-order valence-electron chi connectivity index (χ1n) is 5.53. The van der Waals surface area contributed by atoms with Crippen LogP contribution in [0.15, 0.2) is 42.7 Å². The smallest absolute Gasteiger partial charge is 0.224 e. The van der Waals surface area contributed by atoms with Crippen LogP contribution in [0, 0.1) is 0 Å². The highest BCUT2D eigenvalue weighted by Gasteiger charge is 2.07. The van der Waals surface area contributed by atoms with Crippen LogP contribution >= 0.6 is 11.6 Å². The van der Waals surface area contributed by atoms with E-state index < -0.39 is 0 Å². The molecule has 2 aromatic heterocycles. The van der Waals surface area contributed by atoms with Crippen LogP contribution in [-0.4, -0.2) is 22.0 Å². The van der Waals surface area contributed by atoms with Gasteiger partial charge in [0.05, 0.1) is 0 Å². The van der Waals surface area contributed by atoms with E-state index >= 15 is 0 Å². The highest BCUT2D eigenvalue weighted by atomic mass is 35.5. The Bertz CT molecular complexity index is 692. The third kappa shape index (κ3) is 1.91. The van der Waals surface area contributed by atoms with Gasteiger partial charge in [-0.25, -0.2) is 9.97 Å². The molecule has 0 spiro atoms. The summed E-state index contributed by atoms with van der Waals surface area (Å²) in [7, 11) is 1.95. The van der Waals surface area contributed by atoms with E-state index in [2.05, 4.69) is 21.0 Å². The molecule has 0 saturated heterocycles. The number of aromatic nitrogens is 3. The van der Waals surface area contributed by atoms with Gasteiger partial charge in [0.15, 0.2) is 0 Å². The number of hydrogen-bond donors (Lipinski definition) is 1. The Morgan fingerprint density at radius 3 is 2.94 bits per heavy atom. The molecule has 0 aliphatic carbocycles. The molecular weight excluding hydrogens is 248 g/mol. The first-order valence-corrected chi connectivity index (χ1v) is 5.91. The van der Waals surface area contributed by atoms with E-state index in [1.54, 1.807) is 6.20 Å². The van der Waals surface area contributed by atoms with Crippen molar-refractivity contribution in [3.8, 4) is 0 Å². The van der Waals surface area contributed by atoms with E-state index in [0.29, 0.717) is 0 Å². The molecule has 0 aliphatic rings. The fourth-order valence-electron chi connectivity index (χ4n) is 1.89. The van der Waals surface area contributed by atoms with E-state index in [1.807, 2.05) is 42.4 Å². The van der Waals surface area contributed by atoms with Gasteiger partial charge in [-0.15, -0.1) is 0 Å². The lowest BCUT2D eigenvalue weighted by atomic mass is 10.2. The highest BCUT2D eigenvalue weighted by Crippen LogP contribution is 2.25. The van der Waals surface area contributed by atoms with Gasteiger partial charge in [0.25, 0.3) is 0 Å². The zero-order valence-corrected chi connectivity index (χ0v) is 10.5. The maximum absolute atomic E-state index is 5.80. The third-order valence-corrected chi connectivity index (χ3v) is 3.06. The molecule has 0 saturated carbocycles. The van der Waals surface area contributed by atoms with Gasteiger partial charge >= 0.3 is 0 Å². The number of anilines is 2. The summed E-state index contributed by atoms with van der Waals surface area (Å²) in [6.07, 6.45) is 3.58. The van der Waals surface area contributed by atoms with Crippen molar-refractivity contribution in [3.63, 3.8) is 0 Å². The number of aromatic amines is 1. The molecule has 1 N–H and O–H groups in total. The molecule has 1 aromatic carbocycles. The number of rotatable bonds is 2. The van der Waals surface area contributed by atoms with Crippen molar-refractivity contribution in [1.82, 2.24) is 15.0 Å². The minimum atomic E-state index is 0.252. The third-order valence-electron chi connectivity index (χ3n) is 2.88. The lowest BCUT2D eigenvalue weighted by Gasteiger charge is -2.18. The molecule has 3 rings (SSSR count). The molecule has 0 atom stereocenters. The molecule has 2 heterocycles. The van der Waals surface area contributed by atoms with Gasteiger partial charge in [-0.05, 0) is 41.9 Å². The number of H-pyrrole nitrogens is 1. The van der Waals surface area contributed by atoms with Crippen molar-refractivity contribution in [2.75, 3.05) is 11.9 Å². The number of benzene rings is 1. The molecule has 3 aromatic rings. The summed E-state index contributed by atoms with van der Waals surface area (Å²) >= 11 is 5.80. The van der Waals surface area contributed by atoms with E-state index in [1.165, 1.54) is 5.39 Å². The molecule has 0 amide bonds. The lowest BCUT2D eigenvalue weighted by Crippen LogP contribution is -2.11. The monoisotopic (exact) mass is 258 g/mol. The summed E-state index contributed by atoms with van der Waals surface area (Å²) < 4.78 is 0. The van der Waals surface area contributed by atoms with Crippen LogP contribution in [0.4, 0.5) is 11.5 Å². The normalized spacial score (nSPS) is 10.8. The van der Waals surface area contributed by atoms with Crippen molar-refractivity contribution in [3.05, 3.63) is 48.0 Å². The summed E-state index contributed by atoms with van der Waals surface area (Å²) in [4.78, 5) is 13.2. The maximum atomic E-state index is 5.80. The number of nitrogens with zero attached hydrogens (tertiary/aromatic N) is 3. The summed E-state index contributed by atoms with van der Waals surface area (Å²) in [5.74, 6) is 0.768. The quantitative estimate of drug-likeness (QED) is 0.717. The largest absolute Gasteiger partial charge is 0.361 e. The maximum Gasteiger partial charge on any atom is 0.224 e. The Balaban J connectivity index is 2.02. The van der Waals surface area contributed by atoms with Gasteiger partial charge in [0.1, 0.15) is 5.82 Å². The molecule has 18 heavy (non-hydrogen) atoms. The van der Waals surface area contributed by atoms with Crippen LogP contribution in [-0.2, 0) is 0 Å². The standard InChI is InChI=1S/C13H11ClN4/c1-18(12-5-7-16-13(14)17-12)10-2-3-11-9(8-10)4-6-15-11/h2-8,15H,1H3. The van der Waals surface area contributed by atoms with E-state index in [9.17, 15) is 0 Å². The Morgan fingerprint density at radius 1 is 1.22 bits per heavy atom. The van der Waals surface area contributed by atoms with Crippen LogP contribution in [0.5, 0.6) is 0 Å². The minimum Gasteiger partial charge on any atom is -0.361 e. The number of nitrogens with one attached hydrogen (secondary N) is 1. The molecule has 0 radical (unpaired) electrons. The van der Waals surface area contributed by atoms with E-state index in [4.69, 9.17) is 11.6 Å². The van der Waals surface area contributed by atoms with Crippen molar-refractivity contribution >= 4 is 34.0 Å². The van der Waals surface area contributed by atoms with Gasteiger partial charge in [-0.2, -0.15) is 0 Å². The Hall–Kier alpha value is -2.07. The fourth-order valence-corrected chi connectivity index (χ4v) is 2.04. The van der Waals surface area contributed by atoms with Gasteiger partial charge in [-0.1, -0.05) is 0 Å². The predicted molar refractivity (Wildman–Crippen MR) is 73.4 cm³/mol. The molecule has 0 fully saturated rings. The van der Waals surface area contributed by atoms with Gasteiger partial charge < -0.3 is 9.88 Å². The van der Waals surface area contributed by atoms with Crippen molar-refractivity contribution in [1.29, 1.82) is 0 Å². The highest BCUT2D eigenvalue weighted by molar-refractivity contribution is 6.28. The molecule has 0 bridgehead atoms. The minimum absolute atomic E-state index is 0.252. The van der Waals surface area contributed by atoms with Crippen LogP contribution in [0.3, 0.4) is 0 Å². The molecule has 0 unspecified atom stereocenters. The van der Waals surface area contributed by atoms with Gasteiger partial charge in [-0.3, -0.25) is 0 Å². The first kappa shape index (κ1) is 11.0. The summed E-state index contributed by atoms with van der Waals surface area (Å²) in [6.45, 7) is 0. The zero-order valence-electron chi connectivity index (χ0n) is 9.76. The molecular formula is C13H11ClN4. The van der Waals surface area contributed by atoms with Crippen LogP contribution in [0.1, 0.15) is 0 Å². The molecule has 4 nitrogen and oxygen atoms in total. The Kier molecular flexibility index (Phi) is 2.64. The SMILES string of the molecule is CN(c1ccc2[nH]ccc2c1)c1ccnc(Cl)n1. The number of fused-ring (bicyclic) bond motifs is 1. The number of halogens is 1.